The van der Waals surface area contributed by atoms with Crippen molar-refractivity contribution in [1.29, 1.82) is 0 Å². The summed E-state index contributed by atoms with van der Waals surface area (Å²) in [5, 5.41) is 13.0. The van der Waals surface area contributed by atoms with Crippen molar-refractivity contribution in [2.24, 2.45) is 0 Å². The number of halogens is 1. The van der Waals surface area contributed by atoms with E-state index >= 15 is 0 Å². The average molecular weight is 270 g/mol. The second kappa shape index (κ2) is 6.18. The van der Waals surface area contributed by atoms with Crippen molar-refractivity contribution in [3.63, 3.8) is 0 Å². The fraction of sp³-hybridized carbons (Fsp3) is 0.167. The van der Waals surface area contributed by atoms with Crippen molar-refractivity contribution in [2.75, 3.05) is 7.11 Å². The lowest BCUT2D eigenvalue weighted by atomic mass is 10.1. The highest BCUT2D eigenvalue weighted by Gasteiger charge is 2.23. The van der Waals surface area contributed by atoms with Crippen LogP contribution in [0.5, 0.6) is 0 Å². The smallest absolute Gasteiger partial charge is 0.341 e. The van der Waals surface area contributed by atoms with Gasteiger partial charge in [-0.1, -0.05) is 35.5 Å². The minimum atomic E-state index is -1.07. The number of rotatable bonds is 4. The van der Waals surface area contributed by atoms with E-state index in [-0.39, 0.29) is 30.3 Å². The molecule has 0 atom stereocenters. The number of aromatic nitrogens is 1. The lowest BCUT2D eigenvalue weighted by Crippen LogP contribution is -2.02. The summed E-state index contributed by atoms with van der Waals surface area (Å²) >= 11 is 0. The highest BCUT2D eigenvalue weighted by atomic mass is 35.5. The first kappa shape index (κ1) is 14.2. The summed E-state index contributed by atoms with van der Waals surface area (Å²) in [5.74, 6) is -0.851. The predicted octanol–water partition coefficient (Wildman–Crippen LogP) is 2.61. The van der Waals surface area contributed by atoms with Crippen LogP contribution < -0.4 is 0 Å². The summed E-state index contributed by atoms with van der Waals surface area (Å²) in [6.45, 7) is 0.0848. The van der Waals surface area contributed by atoms with Gasteiger partial charge < -0.3 is 14.4 Å². The molecule has 6 heteroatoms. The van der Waals surface area contributed by atoms with Crippen LogP contribution in [0.25, 0.3) is 11.3 Å². The molecule has 18 heavy (non-hydrogen) atoms. The molecule has 1 aromatic heterocycles. The Hall–Kier alpha value is -1.85. The Kier molecular flexibility index (Phi) is 4.88. The van der Waals surface area contributed by atoms with Gasteiger partial charge in [0.05, 0.1) is 0 Å². The molecule has 1 N–H and O–H groups in total. The Morgan fingerprint density at radius 1 is 1.39 bits per heavy atom. The Morgan fingerprint density at radius 2 is 2.06 bits per heavy atom. The predicted molar refractivity (Wildman–Crippen MR) is 66.9 cm³/mol. The highest BCUT2D eigenvalue weighted by molar-refractivity contribution is 5.95. The van der Waals surface area contributed by atoms with Crippen LogP contribution in [0.2, 0.25) is 0 Å². The number of ether oxygens (including phenoxy) is 1. The zero-order valence-corrected chi connectivity index (χ0v) is 10.4. The second-order valence-corrected chi connectivity index (χ2v) is 3.43. The molecule has 96 valence electrons. The van der Waals surface area contributed by atoms with E-state index in [1.807, 2.05) is 18.2 Å². The van der Waals surface area contributed by atoms with E-state index < -0.39 is 5.97 Å². The maximum Gasteiger partial charge on any atom is 0.341 e. The van der Waals surface area contributed by atoms with Crippen molar-refractivity contribution in [2.45, 2.75) is 6.61 Å². The maximum atomic E-state index is 11.2. The fourth-order valence-corrected chi connectivity index (χ4v) is 1.57. The van der Waals surface area contributed by atoms with Gasteiger partial charge in [0.1, 0.15) is 17.9 Å². The number of carboxylic acids is 1. The number of hydrogen-bond donors (Lipinski definition) is 1. The number of carboxylic acid groups (broad SMARTS) is 1. The van der Waals surface area contributed by atoms with E-state index in [2.05, 4.69) is 5.16 Å². The van der Waals surface area contributed by atoms with Crippen LogP contribution in [0.4, 0.5) is 0 Å². The third-order valence-electron chi connectivity index (χ3n) is 2.30. The van der Waals surface area contributed by atoms with E-state index in [4.69, 9.17) is 14.4 Å². The molecular weight excluding hydrogens is 258 g/mol. The Bertz CT molecular complexity index is 524. The first-order valence-corrected chi connectivity index (χ1v) is 5.00. The van der Waals surface area contributed by atoms with Gasteiger partial charge in [-0.25, -0.2) is 4.79 Å². The van der Waals surface area contributed by atoms with Crippen LogP contribution in [0.3, 0.4) is 0 Å². The molecule has 0 aliphatic rings. The first-order valence-electron chi connectivity index (χ1n) is 5.00. The third-order valence-corrected chi connectivity index (χ3v) is 2.30. The largest absolute Gasteiger partial charge is 0.477 e. The van der Waals surface area contributed by atoms with E-state index in [0.29, 0.717) is 11.3 Å². The quantitative estimate of drug-likeness (QED) is 0.924. The topological polar surface area (TPSA) is 72.6 Å². The summed E-state index contributed by atoms with van der Waals surface area (Å²) in [6.07, 6.45) is 0. The SMILES string of the molecule is COCc1onc(-c2ccccc2)c1C(=O)O.Cl. The van der Waals surface area contributed by atoms with Crippen molar-refractivity contribution < 1.29 is 19.2 Å². The Labute approximate surface area is 110 Å². The molecule has 0 fully saturated rings. The molecule has 5 nitrogen and oxygen atoms in total. The molecular formula is C12H12ClNO4. The van der Waals surface area contributed by atoms with Gasteiger partial charge in [-0.05, 0) is 0 Å². The molecule has 2 aromatic rings. The van der Waals surface area contributed by atoms with Gasteiger partial charge in [0, 0.05) is 12.7 Å². The van der Waals surface area contributed by atoms with Crippen LogP contribution in [0.1, 0.15) is 16.1 Å². The van der Waals surface area contributed by atoms with Crippen LogP contribution in [0.15, 0.2) is 34.9 Å². The van der Waals surface area contributed by atoms with Crippen LogP contribution in [-0.2, 0) is 11.3 Å². The van der Waals surface area contributed by atoms with Gasteiger partial charge >= 0.3 is 5.97 Å². The first-order chi connectivity index (χ1) is 8.24. The Morgan fingerprint density at radius 3 is 2.61 bits per heavy atom. The lowest BCUT2D eigenvalue weighted by Gasteiger charge is -1.98. The molecule has 1 aromatic carbocycles. The molecule has 0 aliphatic heterocycles. The molecule has 1 heterocycles. The molecule has 0 saturated carbocycles. The van der Waals surface area contributed by atoms with Gasteiger partial charge in [-0.15, -0.1) is 12.4 Å². The molecule has 0 saturated heterocycles. The van der Waals surface area contributed by atoms with Crippen molar-refractivity contribution in [1.82, 2.24) is 5.16 Å². The summed E-state index contributed by atoms with van der Waals surface area (Å²) in [4.78, 5) is 11.2. The van der Waals surface area contributed by atoms with E-state index in [1.54, 1.807) is 12.1 Å². The summed E-state index contributed by atoms with van der Waals surface area (Å²) in [5.41, 5.74) is 1.08. The lowest BCUT2D eigenvalue weighted by molar-refractivity contribution is 0.0688. The maximum absolute atomic E-state index is 11.2. The standard InChI is InChI=1S/C12H11NO4.ClH/c1-16-7-9-10(12(14)15)11(13-17-9)8-5-3-2-4-6-8;/h2-6H,7H2,1H3,(H,14,15);1H. The van der Waals surface area contributed by atoms with Gasteiger partial charge in [-0.2, -0.15) is 0 Å². The fourth-order valence-electron chi connectivity index (χ4n) is 1.57. The Balaban J connectivity index is 0.00000162. The molecule has 0 bridgehead atoms. The summed E-state index contributed by atoms with van der Waals surface area (Å²) in [7, 11) is 1.47. The number of hydrogen-bond acceptors (Lipinski definition) is 4. The number of methoxy groups -OCH3 is 1. The van der Waals surface area contributed by atoms with E-state index in [0.717, 1.165) is 0 Å². The number of aromatic carboxylic acids is 1. The number of benzene rings is 1. The van der Waals surface area contributed by atoms with Crippen molar-refractivity contribution >= 4 is 18.4 Å². The molecule has 0 spiro atoms. The average Bonchev–Trinajstić information content (AvgIpc) is 2.74. The zero-order chi connectivity index (χ0) is 12.3. The minimum absolute atomic E-state index is 0. The zero-order valence-electron chi connectivity index (χ0n) is 9.62. The monoisotopic (exact) mass is 269 g/mol. The van der Waals surface area contributed by atoms with Crippen LogP contribution in [0, 0.1) is 0 Å². The second-order valence-electron chi connectivity index (χ2n) is 3.43. The summed E-state index contributed by atoms with van der Waals surface area (Å²) in [6, 6.07) is 9.03. The van der Waals surface area contributed by atoms with Gasteiger partial charge in [0.25, 0.3) is 0 Å². The van der Waals surface area contributed by atoms with Crippen molar-refractivity contribution in [3.8, 4) is 11.3 Å². The third kappa shape index (κ3) is 2.69. The van der Waals surface area contributed by atoms with Crippen LogP contribution >= 0.6 is 12.4 Å². The van der Waals surface area contributed by atoms with E-state index in [1.165, 1.54) is 7.11 Å². The van der Waals surface area contributed by atoms with Crippen LogP contribution in [-0.4, -0.2) is 23.3 Å². The van der Waals surface area contributed by atoms with Crippen molar-refractivity contribution in [3.05, 3.63) is 41.7 Å². The van der Waals surface area contributed by atoms with Gasteiger partial charge in [0.15, 0.2) is 5.76 Å². The molecule has 0 aliphatic carbocycles. The minimum Gasteiger partial charge on any atom is -0.477 e. The van der Waals surface area contributed by atoms with Gasteiger partial charge in [-0.3, -0.25) is 0 Å². The number of nitrogens with zero attached hydrogens (tertiary/aromatic N) is 1. The molecule has 0 radical (unpaired) electrons. The number of carbonyl (C=O) groups is 1. The van der Waals surface area contributed by atoms with E-state index in [9.17, 15) is 4.79 Å². The van der Waals surface area contributed by atoms with Gasteiger partial charge in [0.2, 0.25) is 0 Å². The molecule has 0 amide bonds. The molecule has 2 rings (SSSR count). The highest BCUT2D eigenvalue weighted by Crippen LogP contribution is 2.25. The normalized spacial score (nSPS) is 9.83. The molecule has 0 unspecified atom stereocenters. The summed E-state index contributed by atoms with van der Waals surface area (Å²) < 4.78 is 9.87.